The molecule has 1 saturated heterocycles. The predicted octanol–water partition coefficient (Wildman–Crippen LogP) is 3.38. The van der Waals surface area contributed by atoms with E-state index >= 15 is 0 Å². The second-order valence-electron chi connectivity index (χ2n) is 8.28. The van der Waals surface area contributed by atoms with Crippen molar-refractivity contribution in [3.8, 4) is 5.75 Å². The van der Waals surface area contributed by atoms with Crippen LogP contribution in [0.3, 0.4) is 0 Å². The lowest BCUT2D eigenvalue weighted by molar-refractivity contribution is -0.117. The van der Waals surface area contributed by atoms with Gasteiger partial charge in [0.1, 0.15) is 5.75 Å². The minimum absolute atomic E-state index is 0.106. The average Bonchev–Trinajstić information content (AvgIpc) is 3.11. The first-order valence-electron chi connectivity index (χ1n) is 10.8. The van der Waals surface area contributed by atoms with E-state index in [1.165, 1.54) is 5.56 Å². The van der Waals surface area contributed by atoms with Gasteiger partial charge in [-0.15, -0.1) is 0 Å². The van der Waals surface area contributed by atoms with Crippen LogP contribution in [0.25, 0.3) is 0 Å². The molecule has 0 aliphatic carbocycles. The lowest BCUT2D eigenvalue weighted by Crippen LogP contribution is -2.52. The number of benzene rings is 2. The number of carbonyl (C=O) groups excluding carboxylic acids is 2. The van der Waals surface area contributed by atoms with Crippen molar-refractivity contribution in [3.63, 3.8) is 0 Å². The Bertz CT molecular complexity index is 1010. The summed E-state index contributed by atoms with van der Waals surface area (Å²) in [5.41, 5.74) is 4.39. The van der Waals surface area contributed by atoms with Crippen LogP contribution in [-0.2, 0) is 16.1 Å². The highest BCUT2D eigenvalue weighted by Gasteiger charge is 2.47. The fraction of sp³-hybridized carbons (Fsp3) is 0.417. The molecule has 0 N–H and O–H groups in total. The molecule has 0 unspecified atom stereocenters. The van der Waals surface area contributed by atoms with Crippen molar-refractivity contribution in [3.05, 3.63) is 53.6 Å². The predicted molar refractivity (Wildman–Crippen MR) is 118 cm³/mol. The van der Waals surface area contributed by atoms with Gasteiger partial charge in [-0.3, -0.25) is 4.79 Å². The van der Waals surface area contributed by atoms with E-state index in [1.807, 2.05) is 48.2 Å². The van der Waals surface area contributed by atoms with Crippen molar-refractivity contribution in [2.24, 2.45) is 0 Å². The monoisotopic (exact) mass is 421 g/mol. The molecule has 2 aromatic rings. The van der Waals surface area contributed by atoms with Crippen LogP contribution in [0, 0.1) is 0 Å². The number of fused-ring (bicyclic) bond motifs is 3. The summed E-state index contributed by atoms with van der Waals surface area (Å²) < 4.78 is 10.5. The number of carbonyl (C=O) groups is 2. The van der Waals surface area contributed by atoms with E-state index in [0.717, 1.165) is 29.1 Å². The smallest absolute Gasteiger partial charge is 0.409 e. The Balaban J connectivity index is 1.45. The molecule has 31 heavy (non-hydrogen) atoms. The van der Waals surface area contributed by atoms with Crippen LogP contribution in [0.2, 0.25) is 0 Å². The zero-order chi connectivity index (χ0) is 21.5. The van der Waals surface area contributed by atoms with E-state index in [0.29, 0.717) is 32.8 Å². The first-order valence-corrected chi connectivity index (χ1v) is 10.8. The third-order valence-electron chi connectivity index (χ3n) is 6.63. The lowest BCUT2D eigenvalue weighted by Gasteiger charge is -2.41. The second-order valence-corrected chi connectivity index (χ2v) is 8.28. The summed E-state index contributed by atoms with van der Waals surface area (Å²) in [6.07, 6.45) is 0.591. The average molecular weight is 421 g/mol. The minimum Gasteiger partial charge on any atom is -0.497 e. The summed E-state index contributed by atoms with van der Waals surface area (Å²) in [4.78, 5) is 31.4. The Morgan fingerprint density at radius 3 is 2.71 bits per heavy atom. The molecule has 2 atom stereocenters. The normalized spacial score (nSPS) is 21.6. The molecule has 2 amide bonds. The molecule has 2 aromatic carbocycles. The fourth-order valence-corrected chi connectivity index (χ4v) is 5.19. The number of hydrogen-bond acceptors (Lipinski definition) is 5. The van der Waals surface area contributed by atoms with Crippen LogP contribution < -0.4 is 14.5 Å². The van der Waals surface area contributed by atoms with Gasteiger partial charge in [0.15, 0.2) is 0 Å². The van der Waals surface area contributed by atoms with E-state index in [1.54, 1.807) is 12.0 Å². The van der Waals surface area contributed by atoms with Crippen molar-refractivity contribution < 1.29 is 19.1 Å². The van der Waals surface area contributed by atoms with Gasteiger partial charge < -0.3 is 24.2 Å². The van der Waals surface area contributed by atoms with Gasteiger partial charge in [0.25, 0.3) is 0 Å². The van der Waals surface area contributed by atoms with Crippen molar-refractivity contribution in [2.45, 2.75) is 31.8 Å². The number of rotatable bonds is 4. The van der Waals surface area contributed by atoms with Gasteiger partial charge in [-0.05, 0) is 42.7 Å². The third-order valence-corrected chi connectivity index (χ3v) is 6.63. The quantitative estimate of drug-likeness (QED) is 0.758. The van der Waals surface area contributed by atoms with Crippen LogP contribution in [0.5, 0.6) is 5.75 Å². The van der Waals surface area contributed by atoms with Gasteiger partial charge in [-0.25, -0.2) is 4.79 Å². The molecule has 3 aliphatic heterocycles. The van der Waals surface area contributed by atoms with Gasteiger partial charge in [0.2, 0.25) is 5.91 Å². The summed E-state index contributed by atoms with van der Waals surface area (Å²) in [6.45, 7) is 4.39. The van der Waals surface area contributed by atoms with Crippen LogP contribution >= 0.6 is 0 Å². The van der Waals surface area contributed by atoms with E-state index < -0.39 is 0 Å². The molecule has 3 aliphatic rings. The number of piperidine rings is 1. The molecular formula is C24H27N3O4. The van der Waals surface area contributed by atoms with Gasteiger partial charge in [-0.2, -0.15) is 0 Å². The number of para-hydroxylation sites is 1. The molecule has 7 nitrogen and oxygen atoms in total. The highest BCUT2D eigenvalue weighted by atomic mass is 16.6. The van der Waals surface area contributed by atoms with Crippen molar-refractivity contribution in [2.75, 3.05) is 43.2 Å². The Hall–Kier alpha value is -3.22. The van der Waals surface area contributed by atoms with E-state index in [4.69, 9.17) is 9.47 Å². The van der Waals surface area contributed by atoms with Crippen molar-refractivity contribution in [1.82, 2.24) is 4.90 Å². The maximum atomic E-state index is 13.2. The van der Waals surface area contributed by atoms with Crippen LogP contribution in [0.4, 0.5) is 16.2 Å². The first-order chi connectivity index (χ1) is 15.1. The van der Waals surface area contributed by atoms with Crippen LogP contribution in [-0.4, -0.2) is 56.3 Å². The molecule has 3 heterocycles. The Morgan fingerprint density at radius 1 is 1.16 bits per heavy atom. The topological polar surface area (TPSA) is 62.3 Å². The summed E-state index contributed by atoms with van der Waals surface area (Å²) >= 11 is 0. The van der Waals surface area contributed by atoms with Crippen molar-refractivity contribution in [1.29, 1.82) is 0 Å². The molecule has 0 radical (unpaired) electrons. The van der Waals surface area contributed by atoms with Gasteiger partial charge in [0.05, 0.1) is 38.2 Å². The maximum Gasteiger partial charge on any atom is 0.409 e. The first kappa shape index (κ1) is 19.7. The summed E-state index contributed by atoms with van der Waals surface area (Å²) in [5, 5.41) is 0. The number of nitrogens with zero attached hydrogens (tertiary/aromatic N) is 3. The number of anilines is 2. The molecule has 0 bridgehead atoms. The van der Waals surface area contributed by atoms with Gasteiger partial charge >= 0.3 is 6.09 Å². The number of amides is 2. The van der Waals surface area contributed by atoms with E-state index in [2.05, 4.69) is 11.0 Å². The second kappa shape index (κ2) is 7.80. The van der Waals surface area contributed by atoms with E-state index in [9.17, 15) is 9.59 Å². The zero-order valence-electron chi connectivity index (χ0n) is 17.9. The van der Waals surface area contributed by atoms with Crippen molar-refractivity contribution >= 4 is 23.4 Å². The third kappa shape index (κ3) is 3.28. The van der Waals surface area contributed by atoms with Crippen LogP contribution in [0.1, 0.15) is 30.4 Å². The number of methoxy groups -OCH3 is 1. The minimum atomic E-state index is -0.246. The SMILES string of the molecule is CCOC(=O)N1CC[C@H]2[C@@H](C1)c1cccc3c1N2CC(=O)N3Cc1ccc(OC)cc1. The zero-order valence-corrected chi connectivity index (χ0v) is 17.9. The van der Waals surface area contributed by atoms with Gasteiger partial charge in [0, 0.05) is 25.0 Å². The largest absolute Gasteiger partial charge is 0.497 e. The lowest BCUT2D eigenvalue weighted by atomic mass is 9.89. The maximum absolute atomic E-state index is 13.2. The standard InChI is InChI=1S/C24H27N3O4/c1-3-31-24(29)25-12-11-20-19(14-25)18-5-4-6-21-23(18)27(20)15-22(28)26(21)13-16-7-9-17(30-2)10-8-16/h4-10,19-20H,3,11-15H2,1-2H3/t19-,20-/m0/s1. The Kier molecular flexibility index (Phi) is 4.96. The summed E-state index contributed by atoms with van der Waals surface area (Å²) in [7, 11) is 1.65. The molecule has 162 valence electrons. The molecule has 0 spiro atoms. The fourth-order valence-electron chi connectivity index (χ4n) is 5.19. The Labute approximate surface area is 182 Å². The molecule has 7 heteroatoms. The van der Waals surface area contributed by atoms with E-state index in [-0.39, 0.29) is 24.0 Å². The highest BCUT2D eigenvalue weighted by molar-refractivity contribution is 6.05. The number of likely N-dealkylation sites (tertiary alicyclic amines) is 1. The van der Waals surface area contributed by atoms with Crippen LogP contribution in [0.15, 0.2) is 42.5 Å². The molecule has 0 saturated carbocycles. The molecular weight excluding hydrogens is 394 g/mol. The number of hydrogen-bond donors (Lipinski definition) is 0. The molecule has 5 rings (SSSR count). The summed E-state index contributed by atoms with van der Waals surface area (Å²) in [6, 6.07) is 14.3. The molecule has 0 aromatic heterocycles. The number of ether oxygens (including phenoxy) is 2. The molecule has 1 fully saturated rings. The highest BCUT2D eigenvalue weighted by Crippen LogP contribution is 2.51. The summed E-state index contributed by atoms with van der Waals surface area (Å²) in [5.74, 6) is 1.10. The van der Waals surface area contributed by atoms with Gasteiger partial charge in [-0.1, -0.05) is 24.3 Å². The Morgan fingerprint density at radius 2 is 1.97 bits per heavy atom.